The molecule has 1 aliphatic rings. The maximum absolute atomic E-state index is 12.1. The molecule has 2 rings (SSSR count). The van der Waals surface area contributed by atoms with Crippen molar-refractivity contribution >= 4 is 0 Å². The number of hydrogen-bond acceptors (Lipinski definition) is 3. The SMILES string of the molecule is CN1CCC(C)(CNCc2ccc(OC(F)F)cc2)CC1. The van der Waals surface area contributed by atoms with Crippen molar-refractivity contribution in [2.24, 2.45) is 5.41 Å². The van der Waals surface area contributed by atoms with Crippen LogP contribution in [0.5, 0.6) is 5.75 Å². The molecule has 0 spiro atoms. The summed E-state index contributed by atoms with van der Waals surface area (Å²) in [6, 6.07) is 6.81. The summed E-state index contributed by atoms with van der Waals surface area (Å²) in [5.74, 6) is 0.205. The van der Waals surface area contributed by atoms with E-state index in [1.165, 1.54) is 12.8 Å². The van der Waals surface area contributed by atoms with E-state index in [0.717, 1.165) is 31.7 Å². The molecule has 1 N–H and O–H groups in total. The van der Waals surface area contributed by atoms with Crippen molar-refractivity contribution in [1.82, 2.24) is 10.2 Å². The van der Waals surface area contributed by atoms with Crippen LogP contribution in [0, 0.1) is 5.41 Å². The number of rotatable bonds is 6. The average molecular weight is 298 g/mol. The number of ether oxygens (including phenoxy) is 1. The third-order valence-electron chi connectivity index (χ3n) is 4.22. The van der Waals surface area contributed by atoms with E-state index < -0.39 is 6.61 Å². The second-order valence-electron chi connectivity index (χ2n) is 6.24. The minimum absolute atomic E-state index is 0.205. The van der Waals surface area contributed by atoms with Gasteiger partial charge in [-0.05, 0) is 56.1 Å². The van der Waals surface area contributed by atoms with Crippen LogP contribution in [-0.2, 0) is 6.54 Å². The number of alkyl halides is 2. The number of benzene rings is 1. The van der Waals surface area contributed by atoms with Crippen LogP contribution < -0.4 is 10.1 Å². The molecule has 5 heteroatoms. The van der Waals surface area contributed by atoms with Crippen molar-refractivity contribution in [3.63, 3.8) is 0 Å². The first kappa shape index (κ1) is 16.2. The topological polar surface area (TPSA) is 24.5 Å². The molecule has 1 aliphatic heterocycles. The van der Waals surface area contributed by atoms with E-state index in [1.54, 1.807) is 12.1 Å². The third kappa shape index (κ3) is 5.25. The Hall–Kier alpha value is -1.20. The number of likely N-dealkylation sites (tertiary alicyclic amines) is 1. The molecule has 1 heterocycles. The number of hydrogen-bond donors (Lipinski definition) is 1. The molecule has 0 bridgehead atoms. The second kappa shape index (κ2) is 7.18. The van der Waals surface area contributed by atoms with Gasteiger partial charge in [0.1, 0.15) is 5.75 Å². The maximum atomic E-state index is 12.1. The van der Waals surface area contributed by atoms with Gasteiger partial charge in [-0.25, -0.2) is 0 Å². The minimum atomic E-state index is -2.77. The number of piperidine rings is 1. The van der Waals surface area contributed by atoms with Crippen LogP contribution in [0.1, 0.15) is 25.3 Å². The van der Waals surface area contributed by atoms with Crippen molar-refractivity contribution < 1.29 is 13.5 Å². The molecular formula is C16H24F2N2O. The molecule has 0 aromatic heterocycles. The first-order valence-corrected chi connectivity index (χ1v) is 7.40. The van der Waals surface area contributed by atoms with Crippen molar-refractivity contribution in [1.29, 1.82) is 0 Å². The molecule has 0 aliphatic carbocycles. The molecule has 0 saturated carbocycles. The van der Waals surface area contributed by atoms with Gasteiger partial charge in [0.2, 0.25) is 0 Å². The zero-order valence-corrected chi connectivity index (χ0v) is 12.7. The largest absolute Gasteiger partial charge is 0.435 e. The fourth-order valence-corrected chi connectivity index (χ4v) is 2.63. The Morgan fingerprint density at radius 1 is 1.24 bits per heavy atom. The Kier molecular flexibility index (Phi) is 5.53. The molecule has 1 aromatic rings. The van der Waals surface area contributed by atoms with Crippen LogP contribution in [0.4, 0.5) is 8.78 Å². The monoisotopic (exact) mass is 298 g/mol. The van der Waals surface area contributed by atoms with E-state index in [4.69, 9.17) is 0 Å². The van der Waals surface area contributed by atoms with Gasteiger partial charge in [0, 0.05) is 13.1 Å². The Morgan fingerprint density at radius 3 is 2.43 bits per heavy atom. The highest BCUT2D eigenvalue weighted by Crippen LogP contribution is 2.29. The molecular weight excluding hydrogens is 274 g/mol. The summed E-state index contributed by atoms with van der Waals surface area (Å²) in [6.07, 6.45) is 2.41. The summed E-state index contributed by atoms with van der Waals surface area (Å²) >= 11 is 0. The molecule has 1 aromatic carbocycles. The predicted molar refractivity (Wildman–Crippen MR) is 79.6 cm³/mol. The van der Waals surface area contributed by atoms with Gasteiger partial charge in [0.25, 0.3) is 0 Å². The van der Waals surface area contributed by atoms with Gasteiger partial charge >= 0.3 is 6.61 Å². The first-order valence-electron chi connectivity index (χ1n) is 7.40. The number of halogens is 2. The lowest BCUT2D eigenvalue weighted by atomic mass is 9.80. The highest BCUT2D eigenvalue weighted by Gasteiger charge is 2.28. The van der Waals surface area contributed by atoms with Gasteiger partial charge < -0.3 is 15.0 Å². The van der Waals surface area contributed by atoms with Crippen LogP contribution in [0.3, 0.4) is 0 Å². The molecule has 21 heavy (non-hydrogen) atoms. The number of nitrogens with zero attached hydrogens (tertiary/aromatic N) is 1. The van der Waals surface area contributed by atoms with E-state index in [1.807, 2.05) is 12.1 Å². The van der Waals surface area contributed by atoms with Gasteiger partial charge in [-0.2, -0.15) is 8.78 Å². The predicted octanol–water partition coefficient (Wildman–Crippen LogP) is 3.11. The van der Waals surface area contributed by atoms with Gasteiger partial charge in [0.05, 0.1) is 0 Å². The van der Waals surface area contributed by atoms with Crippen molar-refractivity contribution in [3.05, 3.63) is 29.8 Å². The Bertz CT molecular complexity index is 428. The molecule has 1 fully saturated rings. The highest BCUT2D eigenvalue weighted by atomic mass is 19.3. The highest BCUT2D eigenvalue weighted by molar-refractivity contribution is 5.27. The standard InChI is InChI=1S/C16H24F2N2O/c1-16(7-9-20(2)10-8-16)12-19-11-13-3-5-14(6-4-13)21-15(17)18/h3-6,15,19H,7-12H2,1-2H3. The summed E-state index contributed by atoms with van der Waals surface area (Å²) < 4.78 is 28.5. The molecule has 3 nitrogen and oxygen atoms in total. The smallest absolute Gasteiger partial charge is 0.387 e. The van der Waals surface area contributed by atoms with E-state index in [2.05, 4.69) is 28.9 Å². The van der Waals surface area contributed by atoms with Crippen molar-refractivity contribution in [2.75, 3.05) is 26.7 Å². The lowest BCUT2D eigenvalue weighted by molar-refractivity contribution is -0.0498. The van der Waals surface area contributed by atoms with Crippen LogP contribution in [-0.4, -0.2) is 38.2 Å². The Balaban J connectivity index is 1.75. The van der Waals surface area contributed by atoms with Gasteiger partial charge in [-0.15, -0.1) is 0 Å². The average Bonchev–Trinajstić information content (AvgIpc) is 2.44. The molecule has 0 atom stereocenters. The lowest BCUT2D eigenvalue weighted by Crippen LogP contribution is -2.41. The van der Waals surface area contributed by atoms with Gasteiger partial charge in [-0.3, -0.25) is 0 Å². The fraction of sp³-hybridized carbons (Fsp3) is 0.625. The normalized spacial score (nSPS) is 18.9. The van der Waals surface area contributed by atoms with Crippen LogP contribution in [0.15, 0.2) is 24.3 Å². The summed E-state index contributed by atoms with van der Waals surface area (Å²) in [7, 11) is 2.16. The maximum Gasteiger partial charge on any atom is 0.387 e. The fourth-order valence-electron chi connectivity index (χ4n) is 2.63. The third-order valence-corrected chi connectivity index (χ3v) is 4.22. The summed E-state index contributed by atoms with van der Waals surface area (Å²) in [6.45, 7) is 3.59. The first-order chi connectivity index (χ1) is 9.97. The quantitative estimate of drug-likeness (QED) is 0.873. The zero-order chi connectivity index (χ0) is 15.3. The number of nitrogens with one attached hydrogen (secondary N) is 1. The summed E-state index contributed by atoms with van der Waals surface area (Å²) in [5, 5.41) is 3.48. The summed E-state index contributed by atoms with van der Waals surface area (Å²) in [5.41, 5.74) is 1.43. The van der Waals surface area contributed by atoms with Gasteiger partial charge in [0.15, 0.2) is 0 Å². The lowest BCUT2D eigenvalue weighted by Gasteiger charge is -2.38. The molecule has 0 unspecified atom stereocenters. The Labute approximate surface area is 125 Å². The molecule has 1 saturated heterocycles. The molecule has 118 valence electrons. The van der Waals surface area contributed by atoms with Crippen molar-refractivity contribution in [2.45, 2.75) is 32.9 Å². The van der Waals surface area contributed by atoms with E-state index in [-0.39, 0.29) is 5.75 Å². The zero-order valence-electron chi connectivity index (χ0n) is 12.7. The van der Waals surface area contributed by atoms with Crippen molar-refractivity contribution in [3.8, 4) is 5.75 Å². The van der Waals surface area contributed by atoms with E-state index in [0.29, 0.717) is 5.41 Å². The van der Waals surface area contributed by atoms with Crippen LogP contribution >= 0.6 is 0 Å². The van der Waals surface area contributed by atoms with E-state index in [9.17, 15) is 8.78 Å². The molecule has 0 radical (unpaired) electrons. The van der Waals surface area contributed by atoms with E-state index >= 15 is 0 Å². The molecule has 0 amide bonds. The van der Waals surface area contributed by atoms with Crippen LogP contribution in [0.2, 0.25) is 0 Å². The Morgan fingerprint density at radius 2 is 1.86 bits per heavy atom. The second-order valence-corrected chi connectivity index (χ2v) is 6.24. The minimum Gasteiger partial charge on any atom is -0.435 e. The van der Waals surface area contributed by atoms with Crippen LogP contribution in [0.25, 0.3) is 0 Å². The van der Waals surface area contributed by atoms with Gasteiger partial charge in [-0.1, -0.05) is 19.1 Å². The summed E-state index contributed by atoms with van der Waals surface area (Å²) in [4.78, 5) is 2.36.